The molecule has 0 aliphatic carbocycles. The molecule has 2 aliphatic rings. The first-order chi connectivity index (χ1) is 14.5. The van der Waals surface area contributed by atoms with Gasteiger partial charge in [0.15, 0.2) is 6.61 Å². The average Bonchev–Trinajstić information content (AvgIpc) is 3.40. The molecule has 0 aromatic heterocycles. The van der Waals surface area contributed by atoms with E-state index in [0.29, 0.717) is 13.0 Å². The maximum absolute atomic E-state index is 12.4. The van der Waals surface area contributed by atoms with E-state index in [2.05, 4.69) is 5.10 Å². The summed E-state index contributed by atoms with van der Waals surface area (Å²) >= 11 is 0. The minimum atomic E-state index is -0.575. The Morgan fingerprint density at radius 1 is 1.10 bits per heavy atom. The highest BCUT2D eigenvalue weighted by Gasteiger charge is 2.36. The quantitative estimate of drug-likeness (QED) is 0.716. The topological polar surface area (TPSA) is 79.3 Å². The van der Waals surface area contributed by atoms with Crippen LogP contribution in [0, 0.1) is 12.8 Å². The van der Waals surface area contributed by atoms with Crippen molar-refractivity contribution in [3.05, 3.63) is 65.7 Å². The molecular formula is C23H23N3O4. The third kappa shape index (κ3) is 4.25. The minimum Gasteiger partial charge on any atom is -0.455 e. The summed E-state index contributed by atoms with van der Waals surface area (Å²) in [5, 5.41) is 5.69. The Bertz CT molecular complexity index is 985. The van der Waals surface area contributed by atoms with Crippen LogP contribution in [0.1, 0.15) is 24.0 Å². The molecule has 1 atom stereocenters. The Morgan fingerprint density at radius 3 is 2.57 bits per heavy atom. The van der Waals surface area contributed by atoms with Gasteiger partial charge in [-0.15, -0.1) is 0 Å². The largest absolute Gasteiger partial charge is 0.455 e. The summed E-state index contributed by atoms with van der Waals surface area (Å²) < 4.78 is 5.21. The highest BCUT2D eigenvalue weighted by Crippen LogP contribution is 2.26. The van der Waals surface area contributed by atoms with Gasteiger partial charge in [0.25, 0.3) is 5.91 Å². The van der Waals surface area contributed by atoms with Crippen molar-refractivity contribution in [3.8, 4) is 0 Å². The van der Waals surface area contributed by atoms with E-state index in [1.165, 1.54) is 5.01 Å². The van der Waals surface area contributed by atoms with Crippen molar-refractivity contribution in [2.24, 2.45) is 11.0 Å². The fourth-order valence-electron chi connectivity index (χ4n) is 3.64. The number of rotatable bonds is 5. The summed E-state index contributed by atoms with van der Waals surface area (Å²) in [6.07, 6.45) is 0.743. The normalized spacial score (nSPS) is 18.5. The van der Waals surface area contributed by atoms with Crippen LogP contribution in [-0.2, 0) is 19.1 Å². The first-order valence-corrected chi connectivity index (χ1v) is 9.98. The number of esters is 1. The van der Waals surface area contributed by atoms with Crippen molar-refractivity contribution in [2.75, 3.05) is 24.6 Å². The van der Waals surface area contributed by atoms with Gasteiger partial charge in [-0.1, -0.05) is 48.0 Å². The summed E-state index contributed by atoms with van der Waals surface area (Å²) in [5.74, 6) is -1.59. The van der Waals surface area contributed by atoms with Gasteiger partial charge >= 0.3 is 5.97 Å². The summed E-state index contributed by atoms with van der Waals surface area (Å²) in [6.45, 7) is 2.32. The fourth-order valence-corrected chi connectivity index (χ4v) is 3.64. The molecule has 0 N–H and O–H groups in total. The zero-order valence-corrected chi connectivity index (χ0v) is 16.8. The number of benzene rings is 2. The van der Waals surface area contributed by atoms with Crippen LogP contribution in [0.5, 0.6) is 0 Å². The maximum atomic E-state index is 12.4. The van der Waals surface area contributed by atoms with Gasteiger partial charge in [0, 0.05) is 25.1 Å². The lowest BCUT2D eigenvalue weighted by atomic mass is 10.1. The second kappa shape index (κ2) is 8.49. The fraction of sp³-hybridized carbons (Fsp3) is 0.304. The first kappa shape index (κ1) is 19.8. The van der Waals surface area contributed by atoms with E-state index in [1.807, 2.05) is 61.5 Å². The Hall–Kier alpha value is -3.48. The van der Waals surface area contributed by atoms with Gasteiger partial charge in [0.2, 0.25) is 5.91 Å². The number of anilines is 1. The van der Waals surface area contributed by atoms with Crippen molar-refractivity contribution < 1.29 is 19.1 Å². The minimum absolute atomic E-state index is 0.0842. The number of hydrogen-bond acceptors (Lipinski definition) is 5. The van der Waals surface area contributed by atoms with Gasteiger partial charge in [-0.3, -0.25) is 14.4 Å². The first-order valence-electron chi connectivity index (χ1n) is 9.98. The second-order valence-corrected chi connectivity index (χ2v) is 7.53. The zero-order valence-electron chi connectivity index (χ0n) is 16.8. The molecule has 0 unspecified atom stereocenters. The summed E-state index contributed by atoms with van der Waals surface area (Å²) in [7, 11) is 0. The number of hydrazone groups is 1. The molecule has 2 aromatic carbocycles. The third-order valence-corrected chi connectivity index (χ3v) is 5.34. The molecule has 30 heavy (non-hydrogen) atoms. The van der Waals surface area contributed by atoms with Crippen molar-refractivity contribution in [3.63, 3.8) is 0 Å². The molecule has 0 bridgehead atoms. The number of amides is 2. The number of aryl methyl sites for hydroxylation is 1. The van der Waals surface area contributed by atoms with Crippen LogP contribution in [0.4, 0.5) is 5.69 Å². The Labute approximate surface area is 174 Å². The van der Waals surface area contributed by atoms with Gasteiger partial charge in [0.1, 0.15) is 0 Å². The van der Waals surface area contributed by atoms with Gasteiger partial charge < -0.3 is 9.64 Å². The molecule has 2 amide bonds. The van der Waals surface area contributed by atoms with E-state index in [-0.39, 0.29) is 31.4 Å². The van der Waals surface area contributed by atoms with E-state index in [4.69, 9.17) is 4.74 Å². The molecule has 7 heteroatoms. The molecule has 0 spiro atoms. The molecule has 1 fully saturated rings. The van der Waals surface area contributed by atoms with Crippen molar-refractivity contribution in [1.29, 1.82) is 0 Å². The maximum Gasteiger partial charge on any atom is 0.311 e. The van der Waals surface area contributed by atoms with E-state index >= 15 is 0 Å². The molecule has 2 aliphatic heterocycles. The van der Waals surface area contributed by atoms with Crippen LogP contribution in [0.15, 0.2) is 59.7 Å². The van der Waals surface area contributed by atoms with Crippen LogP contribution in [0.2, 0.25) is 0 Å². The van der Waals surface area contributed by atoms with Gasteiger partial charge in [-0.05, 0) is 24.6 Å². The molecule has 1 saturated heterocycles. The average molecular weight is 405 g/mol. The molecule has 4 rings (SSSR count). The van der Waals surface area contributed by atoms with E-state index in [1.54, 1.807) is 4.90 Å². The molecule has 154 valence electrons. The van der Waals surface area contributed by atoms with Crippen molar-refractivity contribution in [2.45, 2.75) is 19.8 Å². The molecule has 0 saturated carbocycles. The van der Waals surface area contributed by atoms with Gasteiger partial charge in [-0.2, -0.15) is 5.10 Å². The molecule has 2 aromatic rings. The Morgan fingerprint density at radius 2 is 1.83 bits per heavy atom. The van der Waals surface area contributed by atoms with Crippen LogP contribution < -0.4 is 4.90 Å². The van der Waals surface area contributed by atoms with Crippen LogP contribution in [0.25, 0.3) is 0 Å². The number of nitrogens with zero attached hydrogens (tertiary/aromatic N) is 3. The summed E-state index contributed by atoms with van der Waals surface area (Å²) in [5.41, 5.74) is 3.67. The molecule has 0 radical (unpaired) electrons. The number of hydrogen-bond donors (Lipinski definition) is 0. The smallest absolute Gasteiger partial charge is 0.311 e. The summed E-state index contributed by atoms with van der Waals surface area (Å²) in [6, 6.07) is 17.2. The lowest BCUT2D eigenvalue weighted by Gasteiger charge is -2.17. The predicted molar refractivity (Wildman–Crippen MR) is 112 cm³/mol. The van der Waals surface area contributed by atoms with E-state index in [0.717, 1.165) is 22.5 Å². The zero-order chi connectivity index (χ0) is 21.1. The second-order valence-electron chi connectivity index (χ2n) is 7.53. The molecular weight excluding hydrogens is 382 g/mol. The highest BCUT2D eigenvalue weighted by atomic mass is 16.5. The van der Waals surface area contributed by atoms with E-state index < -0.39 is 11.9 Å². The molecule has 2 heterocycles. The predicted octanol–water partition coefficient (Wildman–Crippen LogP) is 2.53. The Kier molecular flexibility index (Phi) is 5.61. The van der Waals surface area contributed by atoms with Gasteiger partial charge in [-0.25, -0.2) is 5.01 Å². The number of carbonyl (C=O) groups excluding carboxylic acids is 3. The number of ether oxygens (including phenoxy) is 1. The standard InChI is InChI=1S/C23H23N3O4/c1-16-7-9-19(10-8-16)25-14-18(13-21(25)27)23(29)30-15-22(28)26-12-11-20(24-26)17-5-3-2-4-6-17/h2-10,18H,11-15H2,1H3/t18-/m1/s1. The van der Waals surface area contributed by atoms with Crippen LogP contribution >= 0.6 is 0 Å². The van der Waals surface area contributed by atoms with Crippen molar-refractivity contribution >= 4 is 29.2 Å². The lowest BCUT2D eigenvalue weighted by molar-refractivity contribution is -0.155. The Balaban J connectivity index is 1.30. The summed E-state index contributed by atoms with van der Waals surface area (Å²) in [4.78, 5) is 38.7. The highest BCUT2D eigenvalue weighted by molar-refractivity contribution is 6.03. The molecule has 7 nitrogen and oxygen atoms in total. The number of carbonyl (C=O) groups is 3. The van der Waals surface area contributed by atoms with E-state index in [9.17, 15) is 14.4 Å². The lowest BCUT2D eigenvalue weighted by Crippen LogP contribution is -2.31. The van der Waals surface area contributed by atoms with Gasteiger partial charge in [0.05, 0.1) is 18.2 Å². The van der Waals surface area contributed by atoms with Crippen LogP contribution in [0.3, 0.4) is 0 Å². The SMILES string of the molecule is Cc1ccc(N2C[C@H](C(=O)OCC(=O)N3CCC(c4ccccc4)=N3)CC2=O)cc1. The monoisotopic (exact) mass is 405 g/mol. The third-order valence-electron chi connectivity index (χ3n) is 5.34. The van der Waals surface area contributed by atoms with Crippen molar-refractivity contribution in [1.82, 2.24) is 5.01 Å². The van der Waals surface area contributed by atoms with Crippen LogP contribution in [-0.4, -0.2) is 48.2 Å².